The Bertz CT molecular complexity index is 545. The van der Waals surface area contributed by atoms with Crippen molar-refractivity contribution in [3.05, 3.63) is 46.8 Å². The molecule has 2 aromatic heterocycles. The summed E-state index contributed by atoms with van der Waals surface area (Å²) in [6.45, 7) is 0. The summed E-state index contributed by atoms with van der Waals surface area (Å²) in [6.07, 6.45) is 2.03. The van der Waals surface area contributed by atoms with E-state index in [0.717, 1.165) is 4.88 Å². The Hall–Kier alpha value is -2.19. The molecular weight excluding hydrogens is 246 g/mol. The first-order valence-corrected chi connectivity index (χ1v) is 6.31. The number of hydrogen-bond donors (Lipinski definition) is 1. The van der Waals surface area contributed by atoms with Gasteiger partial charge in [0.1, 0.15) is 11.7 Å². The lowest BCUT2D eigenvalue weighted by atomic mass is 10.1. The van der Waals surface area contributed by atoms with Crippen molar-refractivity contribution in [2.75, 3.05) is 5.32 Å². The van der Waals surface area contributed by atoms with Crippen molar-refractivity contribution >= 4 is 23.1 Å². The summed E-state index contributed by atoms with van der Waals surface area (Å²) in [5.74, 6) is -0.538. The summed E-state index contributed by atoms with van der Waals surface area (Å²) >= 11 is 1.54. The van der Waals surface area contributed by atoms with E-state index in [1.54, 1.807) is 35.7 Å². The summed E-state index contributed by atoms with van der Waals surface area (Å²) in [4.78, 5) is 16.9. The van der Waals surface area contributed by atoms with E-state index < -0.39 is 5.92 Å². The molecule has 5 heteroatoms. The number of nitrogens with one attached hydrogen (secondary N) is 1. The molecule has 1 atom stereocenters. The van der Waals surface area contributed by atoms with Crippen LogP contribution in [0.4, 0.5) is 5.82 Å². The van der Waals surface area contributed by atoms with E-state index in [2.05, 4.69) is 10.3 Å². The zero-order chi connectivity index (χ0) is 12.8. The van der Waals surface area contributed by atoms with Gasteiger partial charge >= 0.3 is 0 Å². The SMILES string of the molecule is N#CC(Cc1cccs1)C(=O)Nc1ccccn1. The van der Waals surface area contributed by atoms with Gasteiger partial charge in [-0.1, -0.05) is 12.1 Å². The highest BCUT2D eigenvalue weighted by atomic mass is 32.1. The third-order valence-corrected chi connectivity index (χ3v) is 3.27. The first-order chi connectivity index (χ1) is 8.79. The lowest BCUT2D eigenvalue weighted by Gasteiger charge is -2.08. The van der Waals surface area contributed by atoms with Crippen molar-refractivity contribution in [1.82, 2.24) is 4.98 Å². The van der Waals surface area contributed by atoms with Crippen LogP contribution in [0.15, 0.2) is 41.9 Å². The topological polar surface area (TPSA) is 65.8 Å². The number of hydrogen-bond acceptors (Lipinski definition) is 4. The highest BCUT2D eigenvalue weighted by Crippen LogP contribution is 2.15. The standard InChI is InChI=1S/C13H11N3OS/c14-9-10(8-11-4-3-7-18-11)13(17)16-12-5-1-2-6-15-12/h1-7,10H,8H2,(H,15,16,17). The maximum Gasteiger partial charge on any atom is 0.243 e. The van der Waals surface area contributed by atoms with Crippen LogP contribution in [-0.4, -0.2) is 10.9 Å². The molecule has 0 aliphatic rings. The monoisotopic (exact) mass is 257 g/mol. The molecule has 0 radical (unpaired) electrons. The number of rotatable bonds is 4. The molecule has 1 amide bonds. The number of aromatic nitrogens is 1. The normalized spacial score (nSPS) is 11.5. The van der Waals surface area contributed by atoms with Gasteiger partial charge in [-0.05, 0) is 23.6 Å². The number of pyridine rings is 1. The first kappa shape index (κ1) is 12.3. The second kappa shape index (κ2) is 5.94. The van der Waals surface area contributed by atoms with Gasteiger partial charge in [0.05, 0.1) is 6.07 Å². The second-order valence-corrected chi connectivity index (χ2v) is 4.70. The molecule has 90 valence electrons. The van der Waals surface area contributed by atoms with Crippen molar-refractivity contribution in [3.63, 3.8) is 0 Å². The molecule has 0 saturated carbocycles. The van der Waals surface area contributed by atoms with Crippen LogP contribution >= 0.6 is 11.3 Å². The van der Waals surface area contributed by atoms with E-state index in [1.165, 1.54) is 0 Å². The zero-order valence-electron chi connectivity index (χ0n) is 9.54. The summed E-state index contributed by atoms with van der Waals surface area (Å²) in [5, 5.41) is 13.6. The van der Waals surface area contributed by atoms with Crippen LogP contribution in [0.5, 0.6) is 0 Å². The van der Waals surface area contributed by atoms with Gasteiger partial charge in [0.2, 0.25) is 5.91 Å². The zero-order valence-corrected chi connectivity index (χ0v) is 10.4. The van der Waals surface area contributed by atoms with Crippen LogP contribution in [0.3, 0.4) is 0 Å². The van der Waals surface area contributed by atoms with Gasteiger partial charge in [0.15, 0.2) is 0 Å². The predicted octanol–water partition coefficient (Wildman–Crippen LogP) is 2.46. The largest absolute Gasteiger partial charge is 0.310 e. The summed E-state index contributed by atoms with van der Waals surface area (Å²) in [6, 6.07) is 11.1. The third kappa shape index (κ3) is 3.15. The number of carbonyl (C=O) groups excluding carboxylic acids is 1. The fourth-order valence-electron chi connectivity index (χ4n) is 1.48. The van der Waals surface area contributed by atoms with Crippen LogP contribution in [0.25, 0.3) is 0 Å². The average molecular weight is 257 g/mol. The van der Waals surface area contributed by atoms with E-state index in [1.807, 2.05) is 23.6 Å². The van der Waals surface area contributed by atoms with Crippen LogP contribution in [0.2, 0.25) is 0 Å². The van der Waals surface area contributed by atoms with Gasteiger partial charge in [-0.3, -0.25) is 4.79 Å². The number of amides is 1. The van der Waals surface area contributed by atoms with Crippen LogP contribution in [-0.2, 0) is 11.2 Å². The Morgan fingerprint density at radius 2 is 2.33 bits per heavy atom. The molecule has 2 aromatic rings. The second-order valence-electron chi connectivity index (χ2n) is 3.67. The Labute approximate surface area is 109 Å². The Kier molecular flexibility index (Phi) is 4.05. The molecule has 0 saturated heterocycles. The molecule has 2 heterocycles. The van der Waals surface area contributed by atoms with Crippen LogP contribution in [0.1, 0.15) is 4.88 Å². The van der Waals surface area contributed by atoms with Crippen LogP contribution < -0.4 is 5.32 Å². The number of nitrogens with zero attached hydrogens (tertiary/aromatic N) is 2. The maximum absolute atomic E-state index is 11.9. The third-order valence-electron chi connectivity index (χ3n) is 2.37. The van der Waals surface area contributed by atoms with Crippen molar-refractivity contribution in [2.45, 2.75) is 6.42 Å². The molecule has 18 heavy (non-hydrogen) atoms. The Morgan fingerprint density at radius 3 is 2.94 bits per heavy atom. The minimum Gasteiger partial charge on any atom is -0.310 e. The quantitative estimate of drug-likeness (QED) is 0.915. The number of thiophene rings is 1. The summed E-state index contributed by atoms with van der Waals surface area (Å²) in [7, 11) is 0. The molecular formula is C13H11N3OS. The summed E-state index contributed by atoms with van der Waals surface area (Å²) in [5.41, 5.74) is 0. The van der Waals surface area contributed by atoms with E-state index in [-0.39, 0.29) is 5.91 Å². The molecule has 0 spiro atoms. The van der Waals surface area contributed by atoms with Crippen LogP contribution in [0, 0.1) is 17.2 Å². The number of nitriles is 1. The Morgan fingerprint density at radius 1 is 1.44 bits per heavy atom. The lowest BCUT2D eigenvalue weighted by Crippen LogP contribution is -2.23. The molecule has 1 unspecified atom stereocenters. The van der Waals surface area contributed by atoms with Crippen molar-refractivity contribution < 1.29 is 4.79 Å². The van der Waals surface area contributed by atoms with Gasteiger partial charge in [-0.15, -0.1) is 11.3 Å². The Balaban J connectivity index is 2.00. The minimum atomic E-state index is -0.689. The smallest absolute Gasteiger partial charge is 0.243 e. The molecule has 2 rings (SSSR count). The average Bonchev–Trinajstić information content (AvgIpc) is 2.90. The van der Waals surface area contributed by atoms with Gasteiger partial charge < -0.3 is 5.32 Å². The molecule has 0 fully saturated rings. The molecule has 4 nitrogen and oxygen atoms in total. The van der Waals surface area contributed by atoms with Crippen molar-refractivity contribution in [2.24, 2.45) is 5.92 Å². The van der Waals surface area contributed by atoms with E-state index in [0.29, 0.717) is 12.2 Å². The number of carbonyl (C=O) groups is 1. The van der Waals surface area contributed by atoms with Gasteiger partial charge in [0.25, 0.3) is 0 Å². The fraction of sp³-hybridized carbons (Fsp3) is 0.154. The van der Waals surface area contributed by atoms with E-state index in [4.69, 9.17) is 5.26 Å². The van der Waals surface area contributed by atoms with Gasteiger partial charge in [0, 0.05) is 17.5 Å². The molecule has 0 bridgehead atoms. The maximum atomic E-state index is 11.9. The molecule has 0 aliphatic heterocycles. The van der Waals surface area contributed by atoms with E-state index in [9.17, 15) is 4.79 Å². The summed E-state index contributed by atoms with van der Waals surface area (Å²) < 4.78 is 0. The molecule has 1 N–H and O–H groups in total. The van der Waals surface area contributed by atoms with Crippen molar-refractivity contribution in [3.8, 4) is 6.07 Å². The van der Waals surface area contributed by atoms with Gasteiger partial charge in [-0.2, -0.15) is 5.26 Å². The lowest BCUT2D eigenvalue weighted by molar-refractivity contribution is -0.118. The highest BCUT2D eigenvalue weighted by Gasteiger charge is 2.19. The molecule has 0 aliphatic carbocycles. The fourth-order valence-corrected chi connectivity index (χ4v) is 2.23. The molecule has 0 aromatic carbocycles. The van der Waals surface area contributed by atoms with E-state index >= 15 is 0 Å². The first-order valence-electron chi connectivity index (χ1n) is 5.43. The van der Waals surface area contributed by atoms with Crippen molar-refractivity contribution in [1.29, 1.82) is 5.26 Å². The number of anilines is 1. The van der Waals surface area contributed by atoms with Gasteiger partial charge in [-0.25, -0.2) is 4.98 Å². The predicted molar refractivity (Wildman–Crippen MR) is 70.0 cm³/mol. The minimum absolute atomic E-state index is 0.315. The highest BCUT2D eigenvalue weighted by molar-refractivity contribution is 7.09.